The van der Waals surface area contributed by atoms with Gasteiger partial charge in [-0.05, 0) is 37.3 Å². The molecule has 0 spiro atoms. The quantitative estimate of drug-likeness (QED) is 0.381. The van der Waals surface area contributed by atoms with Crippen LogP contribution >= 0.6 is 0 Å². The zero-order chi connectivity index (χ0) is 24.4. The van der Waals surface area contributed by atoms with Crippen molar-refractivity contribution in [3.8, 4) is 17.2 Å². The SMILES string of the molecule is COc1cc2c(C(N)=O)c(C)n(-c3ccc(N4CC(OCCOC(C)=O)C4)cc3)c2cc1OC. The Morgan fingerprint density at radius 2 is 1.62 bits per heavy atom. The number of carbonyl (C=O) groups excluding carboxylic acids is 2. The lowest BCUT2D eigenvalue weighted by molar-refractivity contribution is -0.143. The first-order chi connectivity index (χ1) is 16.3. The van der Waals surface area contributed by atoms with E-state index in [2.05, 4.69) is 4.90 Å². The zero-order valence-corrected chi connectivity index (χ0v) is 19.8. The van der Waals surface area contributed by atoms with Crippen molar-refractivity contribution in [3.05, 3.63) is 47.7 Å². The number of aromatic nitrogens is 1. The van der Waals surface area contributed by atoms with Crippen LogP contribution in [0, 0.1) is 6.92 Å². The minimum Gasteiger partial charge on any atom is -0.493 e. The standard InChI is InChI=1S/C25H29N3O6/c1-15-24(25(26)30)20-11-22(31-3)23(32-4)12-21(20)28(15)18-7-5-17(6-8-18)27-13-19(14-27)34-10-9-33-16(2)29/h5-8,11-12,19H,9-10,13-14H2,1-4H3,(H2,26,30). The Balaban J connectivity index is 1.56. The van der Waals surface area contributed by atoms with E-state index in [1.54, 1.807) is 20.3 Å². The van der Waals surface area contributed by atoms with E-state index in [1.165, 1.54) is 6.92 Å². The summed E-state index contributed by atoms with van der Waals surface area (Å²) >= 11 is 0. The van der Waals surface area contributed by atoms with E-state index >= 15 is 0 Å². The number of rotatable bonds is 9. The van der Waals surface area contributed by atoms with Crippen molar-refractivity contribution in [2.75, 3.05) is 45.4 Å². The molecule has 9 heteroatoms. The fourth-order valence-corrected chi connectivity index (χ4v) is 4.35. The molecule has 0 unspecified atom stereocenters. The average Bonchev–Trinajstić information content (AvgIpc) is 3.07. The van der Waals surface area contributed by atoms with Crippen LogP contribution in [0.1, 0.15) is 23.0 Å². The lowest BCUT2D eigenvalue weighted by atomic mass is 10.1. The molecule has 0 atom stereocenters. The minimum absolute atomic E-state index is 0.117. The number of carbonyl (C=O) groups is 2. The van der Waals surface area contributed by atoms with Crippen molar-refractivity contribution in [1.29, 1.82) is 0 Å². The summed E-state index contributed by atoms with van der Waals surface area (Å²) in [4.78, 5) is 25.3. The van der Waals surface area contributed by atoms with Crippen molar-refractivity contribution in [1.82, 2.24) is 4.57 Å². The van der Waals surface area contributed by atoms with E-state index in [9.17, 15) is 9.59 Å². The van der Waals surface area contributed by atoms with Crippen LogP contribution in [-0.4, -0.2) is 63.1 Å². The van der Waals surface area contributed by atoms with Gasteiger partial charge in [-0.1, -0.05) is 0 Å². The molecule has 4 rings (SSSR count). The normalized spacial score (nSPS) is 13.6. The first-order valence-corrected chi connectivity index (χ1v) is 11.0. The summed E-state index contributed by atoms with van der Waals surface area (Å²) in [5.41, 5.74) is 9.72. The van der Waals surface area contributed by atoms with E-state index < -0.39 is 5.91 Å². The number of fused-ring (bicyclic) bond motifs is 1. The van der Waals surface area contributed by atoms with Gasteiger partial charge in [-0.2, -0.15) is 0 Å². The number of amides is 1. The van der Waals surface area contributed by atoms with E-state index in [1.807, 2.05) is 41.8 Å². The van der Waals surface area contributed by atoms with Gasteiger partial charge in [-0.25, -0.2) is 0 Å². The van der Waals surface area contributed by atoms with Crippen LogP contribution in [0.25, 0.3) is 16.6 Å². The van der Waals surface area contributed by atoms with Crippen LogP contribution in [-0.2, 0) is 14.3 Å². The van der Waals surface area contributed by atoms with Gasteiger partial charge >= 0.3 is 5.97 Å². The van der Waals surface area contributed by atoms with Crippen molar-refractivity contribution in [2.24, 2.45) is 5.73 Å². The predicted molar refractivity (Wildman–Crippen MR) is 128 cm³/mol. The van der Waals surface area contributed by atoms with Gasteiger partial charge in [0.25, 0.3) is 5.91 Å². The molecular formula is C25H29N3O6. The molecule has 1 aromatic heterocycles. The summed E-state index contributed by atoms with van der Waals surface area (Å²) in [7, 11) is 3.13. The molecule has 1 saturated heterocycles. The van der Waals surface area contributed by atoms with Crippen molar-refractivity contribution < 1.29 is 28.5 Å². The molecule has 0 radical (unpaired) electrons. The number of nitrogens with two attached hydrogens (primary N) is 1. The molecule has 0 saturated carbocycles. The van der Waals surface area contributed by atoms with Crippen LogP contribution in [0.4, 0.5) is 5.69 Å². The molecule has 1 fully saturated rings. The van der Waals surface area contributed by atoms with Gasteiger partial charge < -0.3 is 34.1 Å². The largest absolute Gasteiger partial charge is 0.493 e. The van der Waals surface area contributed by atoms with Gasteiger partial charge in [0, 0.05) is 48.5 Å². The highest BCUT2D eigenvalue weighted by Crippen LogP contribution is 2.38. The molecule has 3 aromatic rings. The fraction of sp³-hybridized carbons (Fsp3) is 0.360. The second-order valence-electron chi connectivity index (χ2n) is 8.14. The molecule has 9 nitrogen and oxygen atoms in total. The van der Waals surface area contributed by atoms with Gasteiger partial charge in [0.2, 0.25) is 0 Å². The molecular weight excluding hydrogens is 438 g/mol. The molecule has 2 heterocycles. The third kappa shape index (κ3) is 4.38. The van der Waals surface area contributed by atoms with Crippen LogP contribution in [0.15, 0.2) is 36.4 Å². The number of hydrogen-bond donors (Lipinski definition) is 1. The van der Waals surface area contributed by atoms with E-state index in [0.29, 0.717) is 29.1 Å². The topological polar surface area (TPSA) is 105 Å². The average molecular weight is 468 g/mol. The van der Waals surface area contributed by atoms with E-state index in [4.69, 9.17) is 24.7 Å². The Morgan fingerprint density at radius 1 is 1.00 bits per heavy atom. The summed E-state index contributed by atoms with van der Waals surface area (Å²) in [6.45, 7) is 5.47. The number of esters is 1. The second kappa shape index (κ2) is 9.64. The third-order valence-corrected chi connectivity index (χ3v) is 6.02. The molecule has 34 heavy (non-hydrogen) atoms. The van der Waals surface area contributed by atoms with E-state index in [-0.39, 0.29) is 18.7 Å². The maximum Gasteiger partial charge on any atom is 0.302 e. The van der Waals surface area contributed by atoms with Crippen LogP contribution in [0.2, 0.25) is 0 Å². The van der Waals surface area contributed by atoms with Gasteiger partial charge in [0.15, 0.2) is 11.5 Å². The smallest absolute Gasteiger partial charge is 0.302 e. The second-order valence-corrected chi connectivity index (χ2v) is 8.14. The van der Waals surface area contributed by atoms with Gasteiger partial charge in [-0.3, -0.25) is 9.59 Å². The van der Waals surface area contributed by atoms with Gasteiger partial charge in [0.05, 0.1) is 38.0 Å². The third-order valence-electron chi connectivity index (χ3n) is 6.02. The Hall–Kier alpha value is -3.72. The molecule has 1 aliphatic heterocycles. The summed E-state index contributed by atoms with van der Waals surface area (Å²) in [5, 5.41) is 0.711. The summed E-state index contributed by atoms with van der Waals surface area (Å²) in [5.74, 6) is 0.310. The first-order valence-electron chi connectivity index (χ1n) is 11.0. The number of anilines is 1. The minimum atomic E-state index is -0.495. The summed E-state index contributed by atoms with van der Waals surface area (Å²) < 4.78 is 23.5. The molecule has 2 aromatic carbocycles. The molecule has 1 aliphatic rings. The lowest BCUT2D eigenvalue weighted by Crippen LogP contribution is -2.52. The maximum atomic E-state index is 12.3. The number of ether oxygens (including phenoxy) is 4. The molecule has 2 N–H and O–H groups in total. The predicted octanol–water partition coefficient (Wildman–Crippen LogP) is 2.82. The summed E-state index contributed by atoms with van der Waals surface area (Å²) in [6.07, 6.45) is 0.117. The van der Waals surface area contributed by atoms with Crippen molar-refractivity contribution >= 4 is 28.5 Å². The fourth-order valence-electron chi connectivity index (χ4n) is 4.35. The van der Waals surface area contributed by atoms with Gasteiger partial charge in [-0.15, -0.1) is 0 Å². The Labute approximate surface area is 197 Å². The van der Waals surface area contributed by atoms with Crippen molar-refractivity contribution in [2.45, 2.75) is 20.0 Å². The number of primary amides is 1. The van der Waals surface area contributed by atoms with E-state index in [0.717, 1.165) is 35.7 Å². The Kier molecular flexibility index (Phi) is 6.65. The highest BCUT2D eigenvalue weighted by molar-refractivity contribution is 6.09. The van der Waals surface area contributed by atoms with Gasteiger partial charge in [0.1, 0.15) is 6.61 Å². The Bertz CT molecular complexity index is 1210. The lowest BCUT2D eigenvalue weighted by Gasteiger charge is -2.40. The molecule has 180 valence electrons. The first kappa shape index (κ1) is 23.4. The van der Waals surface area contributed by atoms with Crippen molar-refractivity contribution in [3.63, 3.8) is 0 Å². The number of nitrogens with zero attached hydrogens (tertiary/aromatic N) is 2. The zero-order valence-electron chi connectivity index (χ0n) is 19.8. The van der Waals surface area contributed by atoms with Crippen LogP contribution in [0.5, 0.6) is 11.5 Å². The molecule has 1 amide bonds. The van der Waals surface area contributed by atoms with Crippen LogP contribution < -0.4 is 20.1 Å². The highest BCUT2D eigenvalue weighted by Gasteiger charge is 2.28. The number of methoxy groups -OCH3 is 2. The number of hydrogen-bond acceptors (Lipinski definition) is 7. The molecule has 0 aliphatic carbocycles. The van der Waals surface area contributed by atoms with Crippen LogP contribution in [0.3, 0.4) is 0 Å². The number of benzene rings is 2. The highest BCUT2D eigenvalue weighted by atomic mass is 16.6. The summed E-state index contributed by atoms with van der Waals surface area (Å²) in [6, 6.07) is 11.7. The Morgan fingerprint density at radius 3 is 2.21 bits per heavy atom. The maximum absolute atomic E-state index is 12.3. The molecule has 0 bridgehead atoms. The monoisotopic (exact) mass is 467 g/mol.